The summed E-state index contributed by atoms with van der Waals surface area (Å²) in [5.74, 6) is -0.489. The number of nitro benzene ring substituents is 1. The number of hydrogen-bond acceptors (Lipinski definition) is 6. The Bertz CT molecular complexity index is 547. The highest BCUT2D eigenvalue weighted by molar-refractivity contribution is 5.71. The largest absolute Gasteiger partial charge is 0.497 e. The van der Waals surface area contributed by atoms with E-state index in [2.05, 4.69) is 0 Å². The van der Waals surface area contributed by atoms with Crippen molar-refractivity contribution in [1.82, 2.24) is 0 Å². The maximum atomic E-state index is 11.2. The van der Waals surface area contributed by atoms with Gasteiger partial charge in [-0.1, -0.05) is 0 Å². The quantitative estimate of drug-likeness (QED) is 0.645. The molecule has 1 aromatic carbocycles. The van der Waals surface area contributed by atoms with Crippen molar-refractivity contribution in [2.75, 3.05) is 31.8 Å². The maximum absolute atomic E-state index is 11.2. The number of hydrogen-bond donors (Lipinski definition) is 1. The number of rotatable bonds is 5. The Kier molecular flexibility index (Phi) is 4.59. The van der Waals surface area contributed by atoms with Crippen LogP contribution in [-0.2, 0) is 9.53 Å². The van der Waals surface area contributed by atoms with Crippen molar-refractivity contribution in [2.45, 2.75) is 12.5 Å². The van der Waals surface area contributed by atoms with Crippen LogP contribution < -0.4 is 9.64 Å². The van der Waals surface area contributed by atoms with Crippen LogP contribution in [-0.4, -0.2) is 48.9 Å². The molecule has 8 nitrogen and oxygen atoms in total. The molecule has 0 aromatic heterocycles. The molecule has 0 aliphatic carbocycles. The van der Waals surface area contributed by atoms with Gasteiger partial charge >= 0.3 is 5.97 Å². The molecular weight excluding hydrogens is 280 g/mol. The zero-order valence-electron chi connectivity index (χ0n) is 11.5. The number of carbonyl (C=O) groups is 1. The Morgan fingerprint density at radius 1 is 1.62 bits per heavy atom. The molecule has 1 atom stereocenters. The van der Waals surface area contributed by atoms with E-state index < -0.39 is 16.9 Å². The molecule has 1 saturated heterocycles. The van der Waals surface area contributed by atoms with Crippen molar-refractivity contribution in [1.29, 1.82) is 0 Å². The third kappa shape index (κ3) is 3.40. The summed E-state index contributed by atoms with van der Waals surface area (Å²) in [4.78, 5) is 23.4. The molecule has 1 aromatic rings. The smallest absolute Gasteiger partial charge is 0.305 e. The first-order valence-electron chi connectivity index (χ1n) is 6.41. The zero-order valence-corrected chi connectivity index (χ0v) is 11.5. The SMILES string of the molecule is COc1ccc([N+](=O)[O-])c(N2CCOCC2CC(=O)O)c1. The van der Waals surface area contributed by atoms with Crippen LogP contribution in [0.25, 0.3) is 0 Å². The van der Waals surface area contributed by atoms with E-state index in [1.54, 1.807) is 11.0 Å². The van der Waals surface area contributed by atoms with Crippen LogP contribution in [0.3, 0.4) is 0 Å². The second kappa shape index (κ2) is 6.40. The molecule has 0 bridgehead atoms. The normalized spacial score (nSPS) is 18.3. The fourth-order valence-corrected chi connectivity index (χ4v) is 2.36. The lowest BCUT2D eigenvalue weighted by atomic mass is 10.1. The van der Waals surface area contributed by atoms with Gasteiger partial charge in [-0.2, -0.15) is 0 Å². The van der Waals surface area contributed by atoms with Gasteiger partial charge in [0.05, 0.1) is 37.7 Å². The molecule has 2 rings (SSSR count). The number of morpholine rings is 1. The van der Waals surface area contributed by atoms with Gasteiger partial charge < -0.3 is 19.5 Å². The zero-order chi connectivity index (χ0) is 15.4. The highest BCUT2D eigenvalue weighted by Gasteiger charge is 2.30. The lowest BCUT2D eigenvalue weighted by Gasteiger charge is -2.36. The van der Waals surface area contributed by atoms with E-state index in [-0.39, 0.29) is 18.7 Å². The van der Waals surface area contributed by atoms with Crippen molar-refractivity contribution >= 4 is 17.3 Å². The summed E-state index contributed by atoms with van der Waals surface area (Å²) in [6, 6.07) is 3.98. The number of carboxylic acids is 1. The predicted octanol–water partition coefficient (Wildman–Crippen LogP) is 1.28. The fraction of sp³-hybridized carbons (Fsp3) is 0.462. The summed E-state index contributed by atoms with van der Waals surface area (Å²) in [5.41, 5.74) is 0.280. The molecule has 1 heterocycles. The lowest BCUT2D eigenvalue weighted by Crippen LogP contribution is -2.46. The molecule has 1 unspecified atom stereocenters. The third-order valence-electron chi connectivity index (χ3n) is 3.33. The lowest BCUT2D eigenvalue weighted by molar-refractivity contribution is -0.384. The molecule has 1 N–H and O–H groups in total. The van der Waals surface area contributed by atoms with Crippen LogP contribution >= 0.6 is 0 Å². The number of ether oxygens (including phenoxy) is 2. The van der Waals surface area contributed by atoms with Gasteiger partial charge in [-0.3, -0.25) is 14.9 Å². The molecule has 0 amide bonds. The molecule has 0 saturated carbocycles. The average molecular weight is 296 g/mol. The monoisotopic (exact) mass is 296 g/mol. The summed E-state index contributed by atoms with van der Waals surface area (Å²) in [7, 11) is 1.47. The van der Waals surface area contributed by atoms with Crippen molar-refractivity contribution in [3.05, 3.63) is 28.3 Å². The Labute approximate surface area is 121 Å². The highest BCUT2D eigenvalue weighted by Crippen LogP contribution is 2.34. The van der Waals surface area contributed by atoms with Crippen LogP contribution in [0.1, 0.15) is 6.42 Å². The third-order valence-corrected chi connectivity index (χ3v) is 3.33. The van der Waals surface area contributed by atoms with Crippen molar-refractivity contribution in [2.24, 2.45) is 0 Å². The average Bonchev–Trinajstić information content (AvgIpc) is 2.46. The van der Waals surface area contributed by atoms with Crippen molar-refractivity contribution < 1.29 is 24.3 Å². The maximum Gasteiger partial charge on any atom is 0.305 e. The van der Waals surface area contributed by atoms with E-state index in [9.17, 15) is 14.9 Å². The summed E-state index contributed by atoms with van der Waals surface area (Å²) in [6.07, 6.45) is -0.144. The van der Waals surface area contributed by atoms with Gasteiger partial charge in [-0.05, 0) is 6.07 Å². The van der Waals surface area contributed by atoms with Gasteiger partial charge in [0.25, 0.3) is 5.69 Å². The van der Waals surface area contributed by atoms with Gasteiger partial charge in [-0.25, -0.2) is 0 Å². The number of anilines is 1. The number of benzene rings is 1. The minimum absolute atomic E-state index is 0.0758. The van der Waals surface area contributed by atoms with Gasteiger partial charge in [0.1, 0.15) is 11.4 Å². The van der Waals surface area contributed by atoms with Gasteiger partial charge in [0.2, 0.25) is 0 Å². The van der Waals surface area contributed by atoms with Crippen LogP contribution in [0.15, 0.2) is 18.2 Å². The molecule has 0 spiro atoms. The Hall–Kier alpha value is -2.35. The molecule has 21 heavy (non-hydrogen) atoms. The van der Waals surface area contributed by atoms with E-state index in [1.165, 1.54) is 19.2 Å². The summed E-state index contributed by atoms with van der Waals surface area (Å²) >= 11 is 0. The molecular formula is C13H16N2O6. The van der Waals surface area contributed by atoms with Gasteiger partial charge in [0.15, 0.2) is 0 Å². The van der Waals surface area contributed by atoms with Crippen LogP contribution in [0.4, 0.5) is 11.4 Å². The second-order valence-corrected chi connectivity index (χ2v) is 4.63. The molecule has 8 heteroatoms. The van der Waals surface area contributed by atoms with Crippen LogP contribution in [0, 0.1) is 10.1 Å². The number of carboxylic acid groups (broad SMARTS) is 1. The first-order valence-corrected chi connectivity index (χ1v) is 6.41. The number of nitro groups is 1. The summed E-state index contributed by atoms with van der Waals surface area (Å²) in [5, 5.41) is 20.2. The van der Waals surface area contributed by atoms with Crippen LogP contribution in [0.2, 0.25) is 0 Å². The molecule has 1 aliphatic rings. The van der Waals surface area contributed by atoms with Gasteiger partial charge in [0, 0.05) is 18.7 Å². The van der Waals surface area contributed by atoms with E-state index in [1.807, 2.05) is 0 Å². The topological polar surface area (TPSA) is 102 Å². The molecule has 1 aliphatic heterocycles. The summed E-state index contributed by atoms with van der Waals surface area (Å²) < 4.78 is 10.4. The minimum atomic E-state index is -0.971. The Morgan fingerprint density at radius 3 is 3.00 bits per heavy atom. The molecule has 114 valence electrons. The molecule has 1 fully saturated rings. The first-order chi connectivity index (χ1) is 10.0. The number of methoxy groups -OCH3 is 1. The first kappa shape index (κ1) is 15.0. The Morgan fingerprint density at radius 2 is 2.38 bits per heavy atom. The Balaban J connectivity index is 2.40. The fourth-order valence-electron chi connectivity index (χ4n) is 2.36. The number of nitrogens with zero attached hydrogens (tertiary/aromatic N) is 2. The van der Waals surface area contributed by atoms with Crippen molar-refractivity contribution in [3.8, 4) is 5.75 Å². The van der Waals surface area contributed by atoms with Crippen molar-refractivity contribution in [3.63, 3.8) is 0 Å². The standard InChI is InChI=1S/C13H16N2O6/c1-20-10-2-3-11(15(18)19)12(7-10)14-4-5-21-8-9(14)6-13(16)17/h2-3,7,9H,4-6,8H2,1H3,(H,16,17). The van der Waals surface area contributed by atoms with E-state index in [0.717, 1.165) is 0 Å². The predicted molar refractivity (Wildman–Crippen MR) is 73.9 cm³/mol. The van der Waals surface area contributed by atoms with E-state index >= 15 is 0 Å². The van der Waals surface area contributed by atoms with E-state index in [4.69, 9.17) is 14.6 Å². The number of aliphatic carboxylic acids is 1. The second-order valence-electron chi connectivity index (χ2n) is 4.63. The minimum Gasteiger partial charge on any atom is -0.497 e. The molecule has 0 radical (unpaired) electrons. The van der Waals surface area contributed by atoms with Crippen LogP contribution in [0.5, 0.6) is 5.75 Å². The van der Waals surface area contributed by atoms with E-state index in [0.29, 0.717) is 24.6 Å². The highest BCUT2D eigenvalue weighted by atomic mass is 16.6. The van der Waals surface area contributed by atoms with Gasteiger partial charge in [-0.15, -0.1) is 0 Å². The summed E-state index contributed by atoms with van der Waals surface area (Å²) in [6.45, 7) is 1.01.